The number of H-pyrrole nitrogens is 1. The number of alkyl halides is 3. The number of hydrogen-bond acceptors (Lipinski definition) is 2. The summed E-state index contributed by atoms with van der Waals surface area (Å²) in [6.45, 7) is 3.95. The van der Waals surface area contributed by atoms with E-state index in [4.69, 9.17) is 4.74 Å². The molecular formula is C17H21F3N2O. The Bertz CT molecular complexity index is 632. The fourth-order valence-electron chi connectivity index (χ4n) is 2.43. The molecule has 2 aromatic rings. The highest BCUT2D eigenvalue weighted by atomic mass is 19.4. The lowest BCUT2D eigenvalue weighted by atomic mass is 10.0. The van der Waals surface area contributed by atoms with Crippen molar-refractivity contribution in [2.24, 2.45) is 0 Å². The Kier molecular flexibility index (Phi) is 5.34. The number of benzene rings is 1. The lowest BCUT2D eigenvalue weighted by Gasteiger charge is -2.07. The van der Waals surface area contributed by atoms with Gasteiger partial charge in [0.05, 0.1) is 7.11 Å². The van der Waals surface area contributed by atoms with Crippen LogP contribution < -0.4 is 4.74 Å². The summed E-state index contributed by atoms with van der Waals surface area (Å²) < 4.78 is 45.0. The Morgan fingerprint density at radius 3 is 2.39 bits per heavy atom. The number of aromatic amines is 1. The number of imidazole rings is 1. The van der Waals surface area contributed by atoms with Crippen LogP contribution in [0.2, 0.25) is 0 Å². The Morgan fingerprint density at radius 1 is 1.22 bits per heavy atom. The van der Waals surface area contributed by atoms with E-state index in [1.807, 2.05) is 6.92 Å². The van der Waals surface area contributed by atoms with E-state index in [1.54, 1.807) is 24.3 Å². The summed E-state index contributed by atoms with van der Waals surface area (Å²) >= 11 is 0. The Labute approximate surface area is 133 Å². The van der Waals surface area contributed by atoms with Crippen LogP contribution in [-0.4, -0.2) is 17.1 Å². The molecule has 6 heteroatoms. The van der Waals surface area contributed by atoms with Gasteiger partial charge in [-0.15, -0.1) is 0 Å². The van der Waals surface area contributed by atoms with E-state index < -0.39 is 11.9 Å². The molecule has 0 amide bonds. The molecule has 0 bridgehead atoms. The van der Waals surface area contributed by atoms with Crippen LogP contribution in [0.1, 0.15) is 50.5 Å². The fourth-order valence-corrected chi connectivity index (χ4v) is 2.43. The number of unbranched alkanes of at least 4 members (excludes halogenated alkanes) is 1. The predicted octanol–water partition coefficient (Wildman–Crippen LogP) is 5.40. The standard InChI is InChI=1S/C17H21F3N2O/c1-4-5-6-11(2)16-21-14(15(22-16)17(18,19)20)12-7-9-13(23-3)10-8-12/h7-11H,4-6H2,1-3H3,(H,21,22). The summed E-state index contributed by atoms with van der Waals surface area (Å²) in [6.07, 6.45) is -1.70. The summed E-state index contributed by atoms with van der Waals surface area (Å²) in [5.74, 6) is 0.939. The van der Waals surface area contributed by atoms with E-state index in [0.717, 1.165) is 19.3 Å². The van der Waals surface area contributed by atoms with Crippen molar-refractivity contribution in [2.45, 2.75) is 45.2 Å². The van der Waals surface area contributed by atoms with E-state index in [9.17, 15) is 13.2 Å². The fraction of sp³-hybridized carbons (Fsp3) is 0.471. The maximum Gasteiger partial charge on any atom is 0.433 e. The lowest BCUT2D eigenvalue weighted by molar-refractivity contribution is -0.140. The number of halogens is 3. The molecule has 0 aliphatic carbocycles. The van der Waals surface area contributed by atoms with E-state index in [2.05, 4.69) is 16.9 Å². The van der Waals surface area contributed by atoms with Crippen molar-refractivity contribution in [1.29, 1.82) is 0 Å². The molecule has 1 aromatic carbocycles. The quantitative estimate of drug-likeness (QED) is 0.772. The van der Waals surface area contributed by atoms with Gasteiger partial charge in [0.25, 0.3) is 0 Å². The number of aromatic nitrogens is 2. The average molecular weight is 326 g/mol. The van der Waals surface area contributed by atoms with Crippen LogP contribution in [0, 0.1) is 0 Å². The van der Waals surface area contributed by atoms with Gasteiger partial charge in [-0.25, -0.2) is 4.98 Å². The molecule has 126 valence electrons. The number of rotatable bonds is 6. The van der Waals surface area contributed by atoms with Crippen LogP contribution in [0.4, 0.5) is 13.2 Å². The second-order valence-electron chi connectivity index (χ2n) is 5.62. The van der Waals surface area contributed by atoms with Crippen molar-refractivity contribution in [3.05, 3.63) is 35.8 Å². The Morgan fingerprint density at radius 2 is 1.87 bits per heavy atom. The van der Waals surface area contributed by atoms with E-state index >= 15 is 0 Å². The molecule has 0 aliphatic heterocycles. The van der Waals surface area contributed by atoms with Gasteiger partial charge in [-0.3, -0.25) is 0 Å². The number of hydrogen-bond donors (Lipinski definition) is 1. The molecule has 0 spiro atoms. The highest BCUT2D eigenvalue weighted by molar-refractivity contribution is 5.63. The predicted molar refractivity (Wildman–Crippen MR) is 83.5 cm³/mol. The molecule has 0 fully saturated rings. The molecule has 1 aromatic heterocycles. The summed E-state index contributed by atoms with van der Waals surface area (Å²) in [5.41, 5.74) is -0.428. The third-order valence-electron chi connectivity index (χ3n) is 3.83. The molecule has 0 radical (unpaired) electrons. The van der Waals surface area contributed by atoms with Gasteiger partial charge in [0.2, 0.25) is 0 Å². The van der Waals surface area contributed by atoms with Crippen LogP contribution in [-0.2, 0) is 6.18 Å². The van der Waals surface area contributed by atoms with Gasteiger partial charge in [0.1, 0.15) is 23.0 Å². The van der Waals surface area contributed by atoms with Crippen LogP contribution in [0.5, 0.6) is 5.75 Å². The molecule has 2 rings (SSSR count). The van der Waals surface area contributed by atoms with Gasteiger partial charge in [-0.05, 0) is 30.7 Å². The highest BCUT2D eigenvalue weighted by Crippen LogP contribution is 2.37. The van der Waals surface area contributed by atoms with Crippen molar-refractivity contribution in [3.63, 3.8) is 0 Å². The number of methoxy groups -OCH3 is 1. The second-order valence-corrected chi connectivity index (χ2v) is 5.62. The second kappa shape index (κ2) is 7.06. The van der Waals surface area contributed by atoms with Crippen molar-refractivity contribution in [2.75, 3.05) is 7.11 Å². The lowest BCUT2D eigenvalue weighted by Crippen LogP contribution is -2.07. The minimum absolute atomic E-state index is 0.0388. The van der Waals surface area contributed by atoms with Gasteiger partial charge < -0.3 is 9.72 Å². The topological polar surface area (TPSA) is 37.9 Å². The van der Waals surface area contributed by atoms with Gasteiger partial charge in [-0.2, -0.15) is 13.2 Å². The molecule has 3 nitrogen and oxygen atoms in total. The summed E-state index contributed by atoms with van der Waals surface area (Å²) in [6, 6.07) is 6.43. The maximum atomic E-state index is 13.3. The number of nitrogens with one attached hydrogen (secondary N) is 1. The molecule has 1 N–H and O–H groups in total. The first-order valence-electron chi connectivity index (χ1n) is 7.68. The number of ether oxygens (including phenoxy) is 1. The first-order chi connectivity index (χ1) is 10.9. The van der Waals surface area contributed by atoms with E-state index in [0.29, 0.717) is 17.1 Å². The van der Waals surface area contributed by atoms with Gasteiger partial charge in [-0.1, -0.05) is 26.7 Å². The minimum atomic E-state index is -4.47. The van der Waals surface area contributed by atoms with Crippen molar-refractivity contribution < 1.29 is 17.9 Å². The largest absolute Gasteiger partial charge is 0.497 e. The zero-order valence-electron chi connectivity index (χ0n) is 13.5. The molecule has 1 unspecified atom stereocenters. The molecule has 1 heterocycles. The smallest absolute Gasteiger partial charge is 0.433 e. The molecular weight excluding hydrogens is 305 g/mol. The van der Waals surface area contributed by atoms with Crippen molar-refractivity contribution >= 4 is 0 Å². The van der Waals surface area contributed by atoms with E-state index in [-0.39, 0.29) is 11.6 Å². The highest BCUT2D eigenvalue weighted by Gasteiger charge is 2.37. The first-order valence-corrected chi connectivity index (χ1v) is 7.68. The van der Waals surface area contributed by atoms with E-state index in [1.165, 1.54) is 7.11 Å². The van der Waals surface area contributed by atoms with Crippen LogP contribution in [0.25, 0.3) is 11.3 Å². The number of nitrogens with zero attached hydrogens (tertiary/aromatic N) is 1. The van der Waals surface area contributed by atoms with Crippen LogP contribution in [0.15, 0.2) is 24.3 Å². The molecule has 1 atom stereocenters. The summed E-state index contributed by atoms with van der Waals surface area (Å²) in [7, 11) is 1.51. The zero-order chi connectivity index (χ0) is 17.0. The van der Waals surface area contributed by atoms with Crippen LogP contribution in [0.3, 0.4) is 0 Å². The third-order valence-corrected chi connectivity index (χ3v) is 3.83. The summed E-state index contributed by atoms with van der Waals surface area (Å²) in [4.78, 5) is 6.73. The third kappa shape index (κ3) is 4.06. The molecule has 23 heavy (non-hydrogen) atoms. The van der Waals surface area contributed by atoms with Crippen molar-refractivity contribution in [3.8, 4) is 17.0 Å². The Balaban J connectivity index is 2.41. The normalized spacial score (nSPS) is 13.1. The molecule has 0 saturated heterocycles. The van der Waals surface area contributed by atoms with Crippen molar-refractivity contribution in [1.82, 2.24) is 9.97 Å². The van der Waals surface area contributed by atoms with Gasteiger partial charge in [0.15, 0.2) is 0 Å². The van der Waals surface area contributed by atoms with Gasteiger partial charge >= 0.3 is 6.18 Å². The van der Waals surface area contributed by atoms with Crippen LogP contribution >= 0.6 is 0 Å². The monoisotopic (exact) mass is 326 g/mol. The van der Waals surface area contributed by atoms with Gasteiger partial charge in [0, 0.05) is 11.5 Å². The SMILES string of the molecule is CCCCC(C)c1nc(-c2ccc(OC)cc2)c(C(F)(F)F)[nH]1. The average Bonchev–Trinajstić information content (AvgIpc) is 2.98. The molecule has 0 aliphatic rings. The summed E-state index contributed by atoms with van der Waals surface area (Å²) in [5, 5.41) is 0. The maximum absolute atomic E-state index is 13.3. The zero-order valence-corrected chi connectivity index (χ0v) is 13.5. The Hall–Kier alpha value is -1.98. The first kappa shape index (κ1) is 17.4. The minimum Gasteiger partial charge on any atom is -0.497 e. The molecule has 0 saturated carbocycles.